The first-order chi connectivity index (χ1) is 20.3. The van der Waals surface area contributed by atoms with Crippen LogP contribution in [0.4, 0.5) is 11.4 Å². The Hall–Kier alpha value is -4.58. The van der Waals surface area contributed by atoms with Crippen LogP contribution >= 0.6 is 0 Å². The SMILES string of the molecule is Cc1ccc(N2C(=O)[C@@H]3[C@H]4C=C[C@@H](C5=C(c6ccccc6)C[C@H]6C(=O)N(c7ccc(C)cc7)C(=O)[C@H]6[C@H]54)[C@H]3C2=O)cc1. The highest BCUT2D eigenvalue weighted by molar-refractivity contribution is 6.24. The predicted molar refractivity (Wildman–Crippen MR) is 159 cm³/mol. The van der Waals surface area contributed by atoms with Crippen molar-refractivity contribution in [2.24, 2.45) is 41.4 Å². The Labute approximate surface area is 244 Å². The topological polar surface area (TPSA) is 74.8 Å². The number of allylic oxidation sites excluding steroid dienone is 4. The van der Waals surface area contributed by atoms with Gasteiger partial charge in [-0.2, -0.15) is 0 Å². The summed E-state index contributed by atoms with van der Waals surface area (Å²) in [6.07, 6.45) is 4.58. The molecule has 4 aliphatic carbocycles. The second-order valence-electron chi connectivity index (χ2n) is 12.4. The first kappa shape index (κ1) is 25.2. The number of hydrogen-bond acceptors (Lipinski definition) is 4. The maximum atomic E-state index is 14.3. The Bertz CT molecular complexity index is 1740. The fourth-order valence-corrected chi connectivity index (χ4v) is 8.41. The second-order valence-corrected chi connectivity index (χ2v) is 12.4. The van der Waals surface area contributed by atoms with Crippen molar-refractivity contribution >= 4 is 40.6 Å². The van der Waals surface area contributed by atoms with Gasteiger partial charge < -0.3 is 0 Å². The summed E-state index contributed by atoms with van der Waals surface area (Å²) in [5.41, 5.74) is 6.38. The van der Waals surface area contributed by atoms with Crippen molar-refractivity contribution in [1.82, 2.24) is 0 Å². The number of imide groups is 2. The predicted octanol–water partition coefficient (Wildman–Crippen LogP) is 5.50. The monoisotopic (exact) mass is 554 g/mol. The van der Waals surface area contributed by atoms with E-state index in [4.69, 9.17) is 0 Å². The molecule has 0 aromatic heterocycles. The van der Waals surface area contributed by atoms with Crippen LogP contribution in [0.3, 0.4) is 0 Å². The maximum absolute atomic E-state index is 14.3. The van der Waals surface area contributed by atoms with E-state index < -0.39 is 23.7 Å². The van der Waals surface area contributed by atoms with Gasteiger partial charge in [-0.15, -0.1) is 0 Å². The van der Waals surface area contributed by atoms with E-state index in [0.717, 1.165) is 27.8 Å². The standard InChI is InChI=1S/C36H30N2O4/c1-19-8-12-22(13-9-19)37-33(39)27-18-26(21-6-4-3-5-7-21)28-24-16-17-25(29(28)32(27)36(37)42)31-30(24)34(40)38(35(31)41)23-14-10-20(2)11-15-23/h3-17,24-25,27,29-32H,18H2,1-2H3/t24-,25-,27+,29-,30+,31+,32+/m0/s1. The lowest BCUT2D eigenvalue weighted by Gasteiger charge is -2.51. The van der Waals surface area contributed by atoms with E-state index in [1.165, 1.54) is 9.80 Å². The molecule has 4 amide bonds. The molecule has 6 nitrogen and oxygen atoms in total. The Balaban J connectivity index is 1.28. The number of nitrogens with zero attached hydrogens (tertiary/aromatic N) is 2. The summed E-state index contributed by atoms with van der Waals surface area (Å²) in [7, 11) is 0. The van der Waals surface area contributed by atoms with Gasteiger partial charge in [0, 0.05) is 11.8 Å². The van der Waals surface area contributed by atoms with E-state index in [-0.39, 0.29) is 41.4 Å². The first-order valence-electron chi connectivity index (χ1n) is 14.7. The molecule has 0 radical (unpaired) electrons. The van der Waals surface area contributed by atoms with Crippen LogP contribution in [0.2, 0.25) is 0 Å². The fraction of sp³-hybridized carbons (Fsp3) is 0.278. The maximum Gasteiger partial charge on any atom is 0.238 e. The molecule has 0 N–H and O–H groups in total. The lowest BCUT2D eigenvalue weighted by Crippen LogP contribution is -2.51. The highest BCUT2D eigenvalue weighted by atomic mass is 16.2. The molecule has 2 aliphatic heterocycles. The summed E-state index contributed by atoms with van der Waals surface area (Å²) in [6, 6.07) is 25.0. The van der Waals surface area contributed by atoms with Crippen molar-refractivity contribution in [3.8, 4) is 0 Å². The van der Waals surface area contributed by atoms with E-state index in [0.29, 0.717) is 17.8 Å². The van der Waals surface area contributed by atoms with Gasteiger partial charge in [0.1, 0.15) is 0 Å². The average Bonchev–Trinajstić information content (AvgIpc) is 3.43. The lowest BCUT2D eigenvalue weighted by molar-refractivity contribution is -0.129. The van der Waals surface area contributed by atoms with Crippen LogP contribution in [-0.4, -0.2) is 23.6 Å². The molecule has 0 unspecified atom stereocenters. The number of carbonyl (C=O) groups is 4. The van der Waals surface area contributed by atoms with Crippen molar-refractivity contribution in [1.29, 1.82) is 0 Å². The largest absolute Gasteiger partial charge is 0.274 e. The molecular weight excluding hydrogens is 524 g/mol. The smallest absolute Gasteiger partial charge is 0.238 e. The third-order valence-electron chi connectivity index (χ3n) is 10.2. The lowest BCUT2D eigenvalue weighted by atomic mass is 9.49. The molecule has 1 saturated carbocycles. The van der Waals surface area contributed by atoms with Gasteiger partial charge in [0.2, 0.25) is 23.6 Å². The van der Waals surface area contributed by atoms with E-state index in [9.17, 15) is 19.2 Å². The van der Waals surface area contributed by atoms with Gasteiger partial charge in [0.25, 0.3) is 0 Å². The summed E-state index contributed by atoms with van der Waals surface area (Å²) in [6.45, 7) is 3.95. The number of amides is 4. The van der Waals surface area contributed by atoms with Crippen LogP contribution in [-0.2, 0) is 19.2 Å². The van der Waals surface area contributed by atoms with Gasteiger partial charge in [-0.05, 0) is 61.6 Å². The molecule has 2 bridgehead atoms. The van der Waals surface area contributed by atoms with E-state index in [1.54, 1.807) is 0 Å². The van der Waals surface area contributed by atoms with Gasteiger partial charge >= 0.3 is 0 Å². The van der Waals surface area contributed by atoms with Gasteiger partial charge in [0.05, 0.1) is 35.0 Å². The molecule has 2 heterocycles. The summed E-state index contributed by atoms with van der Waals surface area (Å²) in [5, 5.41) is 0. The molecule has 3 fully saturated rings. The van der Waals surface area contributed by atoms with Crippen molar-refractivity contribution < 1.29 is 19.2 Å². The minimum atomic E-state index is -0.573. The Morgan fingerprint density at radius 2 is 1.12 bits per heavy atom. The minimum absolute atomic E-state index is 0.177. The van der Waals surface area contributed by atoms with Gasteiger partial charge in [-0.3, -0.25) is 29.0 Å². The molecule has 7 atom stereocenters. The second kappa shape index (κ2) is 8.96. The zero-order chi connectivity index (χ0) is 28.9. The quantitative estimate of drug-likeness (QED) is 0.316. The van der Waals surface area contributed by atoms with Crippen molar-refractivity contribution in [3.05, 3.63) is 113 Å². The molecule has 3 aromatic carbocycles. The molecule has 208 valence electrons. The van der Waals surface area contributed by atoms with Crippen LogP contribution in [0, 0.1) is 55.3 Å². The molecule has 0 spiro atoms. The number of carbonyl (C=O) groups excluding carboxylic acids is 4. The normalized spacial score (nSPS) is 31.1. The highest BCUT2D eigenvalue weighted by Crippen LogP contribution is 2.63. The molecule has 6 heteroatoms. The van der Waals surface area contributed by atoms with E-state index >= 15 is 0 Å². The summed E-state index contributed by atoms with van der Waals surface area (Å²) in [5.74, 6) is -3.90. The number of benzene rings is 3. The molecule has 6 aliphatic rings. The molecule has 3 aromatic rings. The van der Waals surface area contributed by atoms with E-state index in [1.807, 2.05) is 92.7 Å². The summed E-state index contributed by atoms with van der Waals surface area (Å²) in [4.78, 5) is 59.2. The van der Waals surface area contributed by atoms with Gasteiger partial charge in [-0.1, -0.05) is 83.4 Å². The van der Waals surface area contributed by atoms with Crippen molar-refractivity contribution in [3.63, 3.8) is 0 Å². The molecular formula is C36H30N2O4. The average molecular weight is 555 g/mol. The van der Waals surface area contributed by atoms with Crippen LogP contribution in [0.5, 0.6) is 0 Å². The Morgan fingerprint density at radius 3 is 1.74 bits per heavy atom. The zero-order valence-corrected chi connectivity index (χ0v) is 23.4. The highest BCUT2D eigenvalue weighted by Gasteiger charge is 2.67. The van der Waals surface area contributed by atoms with Crippen LogP contribution < -0.4 is 9.80 Å². The zero-order valence-electron chi connectivity index (χ0n) is 23.4. The third kappa shape index (κ3) is 3.32. The number of aryl methyl sites for hydroxylation is 2. The Kier molecular flexibility index (Phi) is 5.37. The van der Waals surface area contributed by atoms with Gasteiger partial charge in [0.15, 0.2) is 0 Å². The molecule has 9 rings (SSSR count). The minimum Gasteiger partial charge on any atom is -0.274 e. The van der Waals surface area contributed by atoms with Crippen molar-refractivity contribution in [2.75, 3.05) is 9.80 Å². The van der Waals surface area contributed by atoms with Crippen LogP contribution in [0.15, 0.2) is 96.6 Å². The third-order valence-corrected chi connectivity index (χ3v) is 10.2. The molecule has 2 saturated heterocycles. The van der Waals surface area contributed by atoms with Crippen LogP contribution in [0.25, 0.3) is 5.57 Å². The van der Waals surface area contributed by atoms with E-state index in [2.05, 4.69) is 12.2 Å². The first-order valence-corrected chi connectivity index (χ1v) is 14.7. The number of hydrogen-bond donors (Lipinski definition) is 0. The van der Waals surface area contributed by atoms with Crippen molar-refractivity contribution in [2.45, 2.75) is 20.3 Å². The van der Waals surface area contributed by atoms with Gasteiger partial charge in [-0.25, -0.2) is 0 Å². The van der Waals surface area contributed by atoms with Crippen LogP contribution in [0.1, 0.15) is 23.1 Å². The number of anilines is 2. The molecule has 42 heavy (non-hydrogen) atoms. The summed E-state index contributed by atoms with van der Waals surface area (Å²) < 4.78 is 0. The number of fused-ring (bicyclic) bond motifs is 1. The Morgan fingerprint density at radius 1 is 0.571 bits per heavy atom. The summed E-state index contributed by atoms with van der Waals surface area (Å²) >= 11 is 0. The number of rotatable bonds is 3. The fourth-order valence-electron chi connectivity index (χ4n) is 8.41.